The van der Waals surface area contributed by atoms with Crippen molar-refractivity contribution in [2.45, 2.75) is 44.9 Å². The summed E-state index contributed by atoms with van der Waals surface area (Å²) in [5.41, 5.74) is 0.854. The average molecular weight is 458 g/mol. The van der Waals surface area contributed by atoms with Crippen LogP contribution in [0, 0.1) is 0 Å². The molecule has 2 N–H and O–H groups in total. The number of hydrogen-bond donors (Lipinski definition) is 2. The zero-order valence-corrected chi connectivity index (χ0v) is 19.3. The van der Waals surface area contributed by atoms with Gasteiger partial charge in [0.1, 0.15) is 11.4 Å². The molecule has 0 radical (unpaired) electrons. The second kappa shape index (κ2) is 10.6. The number of esters is 1. The van der Waals surface area contributed by atoms with Gasteiger partial charge in [-0.15, -0.1) is 0 Å². The molecule has 0 heterocycles. The molecular weight excluding hydrogens is 432 g/mol. The Morgan fingerprint density at radius 1 is 1.17 bits per heavy atom. The summed E-state index contributed by atoms with van der Waals surface area (Å²) in [7, 11) is 2.16. The van der Waals surface area contributed by atoms with Gasteiger partial charge in [-0.05, 0) is 38.5 Å². The zero-order chi connectivity index (χ0) is 21.6. The molecule has 2 aromatic rings. The van der Waals surface area contributed by atoms with Crippen molar-refractivity contribution in [1.29, 1.82) is 0 Å². The Morgan fingerprint density at radius 2 is 1.83 bits per heavy atom. The average Bonchev–Trinajstić information content (AvgIpc) is 2.63. The number of aliphatic hydroxyl groups is 1. The quantitative estimate of drug-likeness (QED) is 0.418. The van der Waals surface area contributed by atoms with Gasteiger partial charge < -0.3 is 19.7 Å². The van der Waals surface area contributed by atoms with Crippen LogP contribution < -0.4 is 9.84 Å². The molecule has 5 nitrogen and oxygen atoms in total. The van der Waals surface area contributed by atoms with Gasteiger partial charge in [0.15, 0.2) is 0 Å². The SMILES string of the molecule is CC(C)(C)OC(=O)CC(NC(CO)c1ccccc1)c1cc(Cl)cc(Cl)c1OP. The Balaban J connectivity index is 2.42. The third-order valence-electron chi connectivity index (χ3n) is 4.11. The van der Waals surface area contributed by atoms with Crippen LogP contribution in [0.5, 0.6) is 5.75 Å². The third-order valence-corrected chi connectivity index (χ3v) is 4.84. The molecule has 3 atom stereocenters. The number of halogens is 2. The van der Waals surface area contributed by atoms with Crippen molar-refractivity contribution in [3.63, 3.8) is 0 Å². The van der Waals surface area contributed by atoms with E-state index in [0.717, 1.165) is 5.56 Å². The molecule has 0 aliphatic heterocycles. The van der Waals surface area contributed by atoms with Crippen molar-refractivity contribution in [2.75, 3.05) is 6.61 Å². The van der Waals surface area contributed by atoms with Crippen molar-refractivity contribution in [2.24, 2.45) is 0 Å². The van der Waals surface area contributed by atoms with E-state index in [1.807, 2.05) is 30.3 Å². The first-order valence-corrected chi connectivity index (χ1v) is 10.4. The molecule has 0 saturated heterocycles. The lowest BCUT2D eigenvalue weighted by atomic mass is 9.99. The highest BCUT2D eigenvalue weighted by molar-refractivity contribution is 7.10. The van der Waals surface area contributed by atoms with E-state index in [-0.39, 0.29) is 13.0 Å². The first kappa shape index (κ1) is 23.9. The van der Waals surface area contributed by atoms with Crippen molar-refractivity contribution in [1.82, 2.24) is 5.32 Å². The summed E-state index contributed by atoms with van der Waals surface area (Å²) < 4.78 is 10.9. The summed E-state index contributed by atoms with van der Waals surface area (Å²) in [4.78, 5) is 12.6. The minimum absolute atomic E-state index is 0.00169. The Bertz CT molecular complexity index is 827. The van der Waals surface area contributed by atoms with Crippen molar-refractivity contribution >= 4 is 38.6 Å². The zero-order valence-electron chi connectivity index (χ0n) is 16.6. The topological polar surface area (TPSA) is 67.8 Å². The minimum Gasteiger partial charge on any atom is -0.478 e. The summed E-state index contributed by atoms with van der Waals surface area (Å²) in [6, 6.07) is 11.7. The van der Waals surface area contributed by atoms with Gasteiger partial charge in [0.05, 0.1) is 33.6 Å². The summed E-state index contributed by atoms with van der Waals surface area (Å²) >= 11 is 12.5. The molecule has 0 spiro atoms. The van der Waals surface area contributed by atoms with E-state index in [0.29, 0.717) is 21.4 Å². The summed E-state index contributed by atoms with van der Waals surface area (Å²) in [6.45, 7) is 5.25. The first-order valence-electron chi connectivity index (χ1n) is 9.14. The van der Waals surface area contributed by atoms with Crippen LogP contribution in [0.1, 0.15) is 50.4 Å². The van der Waals surface area contributed by atoms with E-state index < -0.39 is 23.7 Å². The molecule has 2 rings (SSSR count). The van der Waals surface area contributed by atoms with Gasteiger partial charge >= 0.3 is 5.97 Å². The molecule has 0 bridgehead atoms. The lowest BCUT2D eigenvalue weighted by Gasteiger charge is -2.28. The van der Waals surface area contributed by atoms with Crippen molar-refractivity contribution < 1.29 is 19.2 Å². The van der Waals surface area contributed by atoms with Crippen LogP contribution in [-0.4, -0.2) is 23.3 Å². The number of aliphatic hydroxyl groups excluding tert-OH is 1. The molecular formula is C21H26Cl2NO4P. The Hall–Kier alpha value is -1.36. The van der Waals surface area contributed by atoms with Gasteiger partial charge in [-0.2, -0.15) is 0 Å². The molecule has 3 unspecified atom stereocenters. The molecule has 0 aliphatic carbocycles. The summed E-state index contributed by atoms with van der Waals surface area (Å²) in [6.07, 6.45) is -0.00169. The van der Waals surface area contributed by atoms with E-state index >= 15 is 0 Å². The van der Waals surface area contributed by atoms with E-state index in [9.17, 15) is 9.90 Å². The highest BCUT2D eigenvalue weighted by Crippen LogP contribution is 2.39. The Kier molecular flexibility index (Phi) is 8.74. The number of rotatable bonds is 8. The standard InChI is InChI=1S/C21H26Cl2NO4P/c1-21(2,3)27-19(26)11-17(15-9-14(22)10-16(23)20(15)28-29)24-18(12-25)13-7-5-4-6-8-13/h4-10,17-18,24-25H,11-12,29H2,1-3H3. The number of nitrogens with one attached hydrogen (secondary N) is 1. The highest BCUT2D eigenvalue weighted by Gasteiger charge is 2.27. The van der Waals surface area contributed by atoms with Gasteiger partial charge in [-0.1, -0.05) is 53.5 Å². The lowest BCUT2D eigenvalue weighted by Crippen LogP contribution is -2.33. The second-order valence-electron chi connectivity index (χ2n) is 7.58. The monoisotopic (exact) mass is 457 g/mol. The van der Waals surface area contributed by atoms with Crippen LogP contribution in [-0.2, 0) is 9.53 Å². The smallest absolute Gasteiger partial charge is 0.308 e. The molecule has 2 aromatic carbocycles. The van der Waals surface area contributed by atoms with Crippen LogP contribution >= 0.6 is 32.7 Å². The van der Waals surface area contributed by atoms with E-state index in [4.69, 9.17) is 32.5 Å². The number of carbonyl (C=O) groups is 1. The number of carbonyl (C=O) groups excluding carboxylic acids is 1. The maximum absolute atomic E-state index is 12.6. The van der Waals surface area contributed by atoms with Gasteiger partial charge in [0.2, 0.25) is 0 Å². The lowest BCUT2D eigenvalue weighted by molar-refractivity contribution is -0.155. The van der Waals surface area contributed by atoms with Gasteiger partial charge in [-0.25, -0.2) is 0 Å². The molecule has 8 heteroatoms. The molecule has 0 fully saturated rings. The van der Waals surface area contributed by atoms with Crippen LogP contribution in [0.15, 0.2) is 42.5 Å². The van der Waals surface area contributed by atoms with E-state index in [2.05, 4.69) is 14.8 Å². The molecule has 0 saturated carbocycles. The first-order chi connectivity index (χ1) is 13.6. The van der Waals surface area contributed by atoms with Gasteiger partial charge in [-0.3, -0.25) is 4.79 Å². The van der Waals surface area contributed by atoms with Crippen LogP contribution in [0.3, 0.4) is 0 Å². The predicted molar refractivity (Wildman–Crippen MR) is 119 cm³/mol. The van der Waals surface area contributed by atoms with Gasteiger partial charge in [0.25, 0.3) is 0 Å². The molecule has 0 amide bonds. The fourth-order valence-corrected chi connectivity index (χ4v) is 3.85. The number of ether oxygens (including phenoxy) is 1. The van der Waals surface area contributed by atoms with E-state index in [1.54, 1.807) is 32.9 Å². The minimum atomic E-state index is -0.622. The van der Waals surface area contributed by atoms with Crippen molar-refractivity contribution in [3.8, 4) is 5.75 Å². The molecule has 29 heavy (non-hydrogen) atoms. The fraction of sp³-hybridized carbons (Fsp3) is 0.381. The number of benzene rings is 2. The molecule has 0 aromatic heterocycles. The normalized spacial score (nSPS) is 13.6. The fourth-order valence-electron chi connectivity index (χ4n) is 2.95. The molecule has 158 valence electrons. The Labute approximate surface area is 184 Å². The molecule has 0 aliphatic rings. The van der Waals surface area contributed by atoms with Gasteiger partial charge in [0, 0.05) is 16.6 Å². The summed E-state index contributed by atoms with van der Waals surface area (Å²) in [5.74, 6) is -0.0163. The highest BCUT2D eigenvalue weighted by atomic mass is 35.5. The van der Waals surface area contributed by atoms with Crippen LogP contribution in [0.25, 0.3) is 0 Å². The largest absolute Gasteiger partial charge is 0.478 e. The third kappa shape index (κ3) is 7.13. The summed E-state index contributed by atoms with van der Waals surface area (Å²) in [5, 5.41) is 14.0. The maximum atomic E-state index is 12.6. The number of hydrogen-bond acceptors (Lipinski definition) is 5. The van der Waals surface area contributed by atoms with Crippen LogP contribution in [0.2, 0.25) is 10.0 Å². The maximum Gasteiger partial charge on any atom is 0.308 e. The van der Waals surface area contributed by atoms with Crippen LogP contribution in [0.4, 0.5) is 0 Å². The Morgan fingerprint density at radius 3 is 2.38 bits per heavy atom. The van der Waals surface area contributed by atoms with E-state index in [1.165, 1.54) is 0 Å². The second-order valence-corrected chi connectivity index (χ2v) is 8.66. The predicted octanol–water partition coefficient (Wildman–Crippen LogP) is 5.26. The van der Waals surface area contributed by atoms with Crippen molar-refractivity contribution in [3.05, 3.63) is 63.6 Å².